The number of nitrogen functional groups attached to an aromatic ring is 1. The van der Waals surface area contributed by atoms with Crippen LogP contribution in [0.4, 0.5) is 29.7 Å². The molecule has 1 aliphatic rings. The fourth-order valence-corrected chi connectivity index (χ4v) is 6.65. The van der Waals surface area contributed by atoms with Crippen molar-refractivity contribution < 1.29 is 176 Å². The van der Waals surface area contributed by atoms with Crippen LogP contribution in [0.25, 0.3) is 44.6 Å². The van der Waals surface area contributed by atoms with E-state index < -0.39 is 29.3 Å². The standard InChI is InChI=1S/C20H15BrFNO5.C17H13BrFNO3.C3H4Cl2O2.CH2O3.2K.H2.H/c1-2-26-19(24)17-13-9-14(21)15(23-7-8-27-20(23)25)10-16(13)28-18(17)11-3-5-12(22)6-4-11;1-2-22-17(21)15-11-7-12(18)13(20)8-14(11)23-16(15)9-3-5-10(19)6-4-9;4-1-2-7-3(5)6;2-1-4-3;;;;/h3-6,9-10H,2,7-8H2,1H3;3-8H,2,20H2,1H3;1-2H2;1,3H;;;1H;/q;;;;2*+1;;-1/p-1/i;;;;;;1+1;. The van der Waals surface area contributed by atoms with Crippen LogP contribution in [0, 0.1) is 11.6 Å². The van der Waals surface area contributed by atoms with Crippen molar-refractivity contribution in [2.75, 3.05) is 49.5 Å². The molecule has 0 radical (unpaired) electrons. The van der Waals surface area contributed by atoms with Crippen LogP contribution >= 0.6 is 55.1 Å². The van der Waals surface area contributed by atoms with Gasteiger partial charge in [0.2, 0.25) is 0 Å². The molecule has 6 aromatic rings. The monoisotopic (exact) mass is 1110 g/mol. The molecule has 3 heterocycles. The molecule has 2 aromatic heterocycles. The van der Waals surface area contributed by atoms with Crippen molar-refractivity contribution in [1.29, 1.82) is 0 Å². The van der Waals surface area contributed by atoms with Gasteiger partial charge in [-0.3, -0.25) is 9.69 Å². The molecule has 2 N–H and O–H groups in total. The number of fused-ring (bicyclic) bond motifs is 2. The smallest absolute Gasteiger partial charge is 1.00 e. The number of nitrogens with zero attached hydrogens (tertiary/aromatic N) is 1. The topological polar surface area (TPSA) is 210 Å². The minimum Gasteiger partial charge on any atom is -1.00 e. The van der Waals surface area contributed by atoms with Crippen molar-refractivity contribution in [3.8, 4) is 22.6 Å². The van der Waals surface area contributed by atoms with E-state index in [2.05, 4.69) is 41.5 Å². The summed E-state index contributed by atoms with van der Waals surface area (Å²) in [5.41, 5.74) is 8.67. The van der Waals surface area contributed by atoms with Crippen LogP contribution in [0.1, 0.15) is 37.4 Å². The minimum absolute atomic E-state index is 0. The van der Waals surface area contributed by atoms with E-state index in [1.54, 1.807) is 50.2 Å². The number of hydrogen-bond donors (Lipinski definition) is 1. The van der Waals surface area contributed by atoms with Gasteiger partial charge < -0.3 is 45.1 Å². The summed E-state index contributed by atoms with van der Waals surface area (Å²) in [4.78, 5) is 59.3. The van der Waals surface area contributed by atoms with E-state index in [4.69, 9.17) is 62.0 Å². The van der Waals surface area contributed by atoms with Gasteiger partial charge in [-0.25, -0.2) is 28.0 Å². The van der Waals surface area contributed by atoms with Gasteiger partial charge in [0.15, 0.2) is 0 Å². The largest absolute Gasteiger partial charge is 1.00 e. The van der Waals surface area contributed by atoms with Gasteiger partial charge in [0.25, 0.3) is 6.47 Å². The maximum atomic E-state index is 13.3. The van der Waals surface area contributed by atoms with Crippen LogP contribution < -0.4 is 119 Å². The van der Waals surface area contributed by atoms with E-state index in [9.17, 15) is 28.0 Å². The maximum absolute atomic E-state index is 13.3. The van der Waals surface area contributed by atoms with Crippen LogP contribution in [0.3, 0.4) is 0 Å². The Balaban J connectivity index is 0.00000101. The van der Waals surface area contributed by atoms with Gasteiger partial charge in [-0.1, -0.05) is 0 Å². The number of hydrogen-bond acceptors (Lipinski definition) is 14. The van der Waals surface area contributed by atoms with Gasteiger partial charge in [0.1, 0.15) is 58.7 Å². The quantitative estimate of drug-likeness (QED) is 0.0234. The van der Waals surface area contributed by atoms with Crippen molar-refractivity contribution in [2.45, 2.75) is 13.8 Å². The number of anilines is 2. The minimum atomic E-state index is -0.805. The van der Waals surface area contributed by atoms with Crippen LogP contribution in [0.15, 0.2) is 90.6 Å². The fraction of sp³-hybridized carbons (Fsp3) is 0.195. The summed E-state index contributed by atoms with van der Waals surface area (Å²) in [7, 11) is 0. The summed E-state index contributed by atoms with van der Waals surface area (Å²) >= 11 is 16.7. The Hall–Kier alpha value is -2.46. The summed E-state index contributed by atoms with van der Waals surface area (Å²) in [5.74, 6) is -0.900. The Kier molecular flexibility index (Phi) is 25.8. The molecule has 1 fully saturated rings. The number of amides is 1. The molecule has 1 saturated heterocycles. The van der Waals surface area contributed by atoms with E-state index in [1.165, 1.54) is 41.3 Å². The Bertz CT molecular complexity index is 2560. The van der Waals surface area contributed by atoms with Gasteiger partial charge in [-0.15, -0.1) is 11.6 Å². The van der Waals surface area contributed by atoms with E-state index in [0.29, 0.717) is 83.7 Å². The maximum Gasteiger partial charge on any atom is 1.00 e. The molecule has 7 rings (SSSR count). The molecule has 64 heavy (non-hydrogen) atoms. The summed E-state index contributed by atoms with van der Waals surface area (Å²) < 4.78 is 59.0. The number of carbonyl (C=O) groups is 5. The van der Waals surface area contributed by atoms with Crippen LogP contribution in [0.2, 0.25) is 0 Å². The predicted molar refractivity (Wildman–Crippen MR) is 232 cm³/mol. The molecule has 15 nitrogen and oxygen atoms in total. The molecule has 0 bridgehead atoms. The number of esters is 2. The van der Waals surface area contributed by atoms with E-state index in [1.807, 2.05) is 0 Å². The zero-order valence-electron chi connectivity index (χ0n) is 35.3. The first-order valence-electron chi connectivity index (χ1n) is 17.9. The Morgan fingerprint density at radius 2 is 1.30 bits per heavy atom. The second kappa shape index (κ2) is 28.7. The summed E-state index contributed by atoms with van der Waals surface area (Å²) in [6.07, 6.45) is -0.448. The zero-order valence-corrected chi connectivity index (χ0v) is 45.3. The van der Waals surface area contributed by atoms with Gasteiger partial charge >= 0.3 is 126 Å². The number of furan rings is 2. The van der Waals surface area contributed by atoms with Crippen LogP contribution in [0.5, 0.6) is 0 Å². The molecular formula is C41H36Br2Cl2F2K2N2O13. The van der Waals surface area contributed by atoms with Gasteiger partial charge in [-0.05, 0) is 106 Å². The third-order valence-electron chi connectivity index (χ3n) is 8.12. The van der Waals surface area contributed by atoms with Gasteiger partial charge in [0, 0.05) is 61.7 Å². The van der Waals surface area contributed by atoms with Gasteiger partial charge in [-0.2, -0.15) is 0 Å². The molecular weight excluding hydrogens is 1080 g/mol. The SMILES string of the molecule is CCOC(=O)c1c(-c2ccc(F)cc2)oc2cc(N)c(Br)cc12.CCOC(=O)c1c(-c2ccc(F)cc2)oc2cc(N3CCOC3=O)c(Br)cc12.O=C(Cl)OCCCl.O=CO[O-].[2HH].[H-].[K+].[K+]. The second-order valence-electron chi connectivity index (χ2n) is 12.0. The molecule has 0 aliphatic carbocycles. The van der Waals surface area contributed by atoms with E-state index in [-0.39, 0.29) is 149 Å². The molecule has 23 heteroatoms. The number of rotatable bonds is 10. The molecule has 0 saturated carbocycles. The van der Waals surface area contributed by atoms with Crippen LogP contribution in [-0.2, 0) is 28.6 Å². The van der Waals surface area contributed by atoms with E-state index in [0.717, 1.165) is 0 Å². The molecule has 1 amide bonds. The third kappa shape index (κ3) is 15.6. The Morgan fingerprint density at radius 3 is 1.67 bits per heavy atom. The predicted octanol–water partition coefficient (Wildman–Crippen LogP) is 4.30. The number of nitrogens with two attached hydrogens (primary N) is 1. The fourth-order valence-electron chi connectivity index (χ4n) is 5.60. The number of ether oxygens (including phenoxy) is 4. The molecule has 4 aromatic carbocycles. The van der Waals surface area contributed by atoms with Crippen molar-refractivity contribution in [3.63, 3.8) is 0 Å². The number of alkyl halides is 1. The molecule has 0 unspecified atom stereocenters. The zero-order chi connectivity index (χ0) is 45.5. The molecule has 0 atom stereocenters. The van der Waals surface area contributed by atoms with Crippen molar-refractivity contribution >= 4 is 118 Å². The number of carbonyl (C=O) groups excluding carboxylic acids is 5. The average Bonchev–Trinajstić information content (AvgIpc) is 3.95. The molecule has 332 valence electrons. The summed E-state index contributed by atoms with van der Waals surface area (Å²) in [6, 6.07) is 18.1. The summed E-state index contributed by atoms with van der Waals surface area (Å²) in [5, 5.41) is 9.55. The number of cyclic esters (lactones) is 1. The van der Waals surface area contributed by atoms with Crippen LogP contribution in [-0.4, -0.2) is 68.8 Å². The molecule has 0 spiro atoms. The average molecular weight is 1110 g/mol. The third-order valence-corrected chi connectivity index (χ3v) is 9.71. The normalized spacial score (nSPS) is 11.2. The van der Waals surface area contributed by atoms with Crippen molar-refractivity contribution in [2.24, 2.45) is 0 Å². The van der Waals surface area contributed by atoms with Gasteiger partial charge in [0.05, 0.1) is 31.3 Å². The number of benzene rings is 4. The van der Waals surface area contributed by atoms with E-state index >= 15 is 0 Å². The number of halogens is 6. The second-order valence-corrected chi connectivity index (χ2v) is 14.4. The Labute approximate surface area is 478 Å². The molecule has 1 aliphatic heterocycles. The first-order valence-corrected chi connectivity index (χ1v) is 20.4. The van der Waals surface area contributed by atoms with Crippen molar-refractivity contribution in [3.05, 3.63) is 105 Å². The first kappa shape index (κ1) is 57.7. The van der Waals surface area contributed by atoms with Crippen molar-refractivity contribution in [1.82, 2.24) is 0 Å². The Morgan fingerprint density at radius 1 is 0.844 bits per heavy atom. The first-order chi connectivity index (χ1) is 29.7. The summed E-state index contributed by atoms with van der Waals surface area (Å²) in [6.45, 7) is 4.60.